The molecule has 50 heavy (non-hydrogen) atoms. The van der Waals surface area contributed by atoms with Crippen LogP contribution in [0.1, 0.15) is 0 Å². The van der Waals surface area contributed by atoms with Gasteiger partial charge in [0.25, 0.3) is 0 Å². The lowest BCUT2D eigenvalue weighted by Crippen LogP contribution is -2.06. The smallest absolute Gasteiger partial charge is 0.238 e. The number of benzene rings is 7. The largest absolute Gasteiger partial charge is 0.455 e. The van der Waals surface area contributed by atoms with Gasteiger partial charge in [-0.2, -0.15) is 9.97 Å². The van der Waals surface area contributed by atoms with Gasteiger partial charge in [-0.05, 0) is 34.9 Å². The average molecular weight is 641 g/mol. The molecule has 0 aliphatic heterocycles. The van der Waals surface area contributed by atoms with Crippen LogP contribution < -0.4 is 0 Å². The van der Waals surface area contributed by atoms with Gasteiger partial charge in [0, 0.05) is 38.2 Å². The first-order valence-corrected chi connectivity index (χ1v) is 16.7. The Hall–Kier alpha value is -6.85. The van der Waals surface area contributed by atoms with Gasteiger partial charge >= 0.3 is 0 Å². The maximum absolute atomic E-state index is 6.45. The molecule has 234 valence electrons. The SMILES string of the molecule is c1ccc(-c2ccc(-c3nc(-c4ccccc4)nc(-n4c5ccccc5c5ccc(-c6cccc7c6oc6ccccc67)cc54)n3)cc2)cc1. The van der Waals surface area contributed by atoms with Crippen LogP contribution in [0.4, 0.5) is 0 Å². The first-order valence-electron chi connectivity index (χ1n) is 16.7. The molecular weight excluding hydrogens is 613 g/mol. The van der Waals surface area contributed by atoms with Gasteiger partial charge in [-0.1, -0.05) is 152 Å². The van der Waals surface area contributed by atoms with E-state index >= 15 is 0 Å². The normalized spacial score (nSPS) is 11.6. The van der Waals surface area contributed by atoms with Gasteiger partial charge < -0.3 is 4.42 Å². The van der Waals surface area contributed by atoms with Crippen molar-refractivity contribution in [3.8, 4) is 51.0 Å². The summed E-state index contributed by atoms with van der Waals surface area (Å²) in [6.07, 6.45) is 0. The van der Waals surface area contributed by atoms with Crippen molar-refractivity contribution >= 4 is 43.7 Å². The Labute approximate surface area is 287 Å². The number of hydrogen-bond donors (Lipinski definition) is 0. The van der Waals surface area contributed by atoms with Crippen molar-refractivity contribution < 1.29 is 4.42 Å². The number of para-hydroxylation sites is 3. The molecule has 0 atom stereocenters. The molecule has 0 aliphatic rings. The molecule has 0 unspecified atom stereocenters. The van der Waals surface area contributed by atoms with E-state index in [4.69, 9.17) is 19.4 Å². The van der Waals surface area contributed by atoms with Gasteiger partial charge in [0.05, 0.1) is 11.0 Å². The summed E-state index contributed by atoms with van der Waals surface area (Å²) in [6, 6.07) is 58.6. The zero-order valence-electron chi connectivity index (χ0n) is 26.9. The van der Waals surface area contributed by atoms with Gasteiger partial charge in [0.2, 0.25) is 5.95 Å². The molecule has 0 saturated heterocycles. The minimum Gasteiger partial charge on any atom is -0.455 e. The summed E-state index contributed by atoms with van der Waals surface area (Å²) in [6.45, 7) is 0. The number of furan rings is 1. The van der Waals surface area contributed by atoms with E-state index in [1.807, 2.05) is 48.5 Å². The highest BCUT2D eigenvalue weighted by Gasteiger charge is 2.19. The Kier molecular flexibility index (Phi) is 6.42. The van der Waals surface area contributed by atoms with Crippen molar-refractivity contribution in [1.82, 2.24) is 19.5 Å². The summed E-state index contributed by atoms with van der Waals surface area (Å²) in [5, 5.41) is 4.47. The van der Waals surface area contributed by atoms with Crippen LogP contribution in [0.5, 0.6) is 0 Å². The summed E-state index contributed by atoms with van der Waals surface area (Å²) in [4.78, 5) is 15.3. The van der Waals surface area contributed by atoms with Crippen molar-refractivity contribution in [1.29, 1.82) is 0 Å². The van der Waals surface area contributed by atoms with Gasteiger partial charge in [-0.25, -0.2) is 4.98 Å². The topological polar surface area (TPSA) is 56.7 Å². The third-order valence-corrected chi connectivity index (χ3v) is 9.49. The van der Waals surface area contributed by atoms with Crippen molar-refractivity contribution in [2.45, 2.75) is 0 Å². The van der Waals surface area contributed by atoms with E-state index in [0.717, 1.165) is 71.6 Å². The molecule has 0 N–H and O–H groups in total. The fraction of sp³-hybridized carbons (Fsp3) is 0. The van der Waals surface area contributed by atoms with Crippen molar-refractivity contribution in [3.63, 3.8) is 0 Å². The Bertz CT molecular complexity index is 2850. The van der Waals surface area contributed by atoms with E-state index in [2.05, 4.69) is 126 Å². The van der Waals surface area contributed by atoms with Crippen LogP contribution in [-0.4, -0.2) is 19.5 Å². The molecule has 3 heterocycles. The van der Waals surface area contributed by atoms with Crippen LogP contribution in [0.25, 0.3) is 94.7 Å². The van der Waals surface area contributed by atoms with E-state index in [1.165, 1.54) is 5.56 Å². The summed E-state index contributed by atoms with van der Waals surface area (Å²) in [7, 11) is 0. The zero-order valence-corrected chi connectivity index (χ0v) is 26.9. The minimum absolute atomic E-state index is 0.561. The fourth-order valence-electron chi connectivity index (χ4n) is 7.08. The van der Waals surface area contributed by atoms with E-state index in [9.17, 15) is 0 Å². The average Bonchev–Trinajstić information content (AvgIpc) is 3.74. The highest BCUT2D eigenvalue weighted by molar-refractivity contribution is 6.12. The fourth-order valence-corrected chi connectivity index (χ4v) is 7.08. The highest BCUT2D eigenvalue weighted by atomic mass is 16.3. The summed E-state index contributed by atoms with van der Waals surface area (Å²) >= 11 is 0. The molecule has 7 aromatic carbocycles. The quantitative estimate of drug-likeness (QED) is 0.188. The Morgan fingerprint density at radius 1 is 0.380 bits per heavy atom. The molecule has 10 aromatic rings. The summed E-state index contributed by atoms with van der Waals surface area (Å²) in [5.41, 5.74) is 10.0. The molecule has 0 fully saturated rings. The van der Waals surface area contributed by atoms with Crippen LogP contribution in [0.2, 0.25) is 0 Å². The highest BCUT2D eigenvalue weighted by Crippen LogP contribution is 2.39. The van der Waals surface area contributed by atoms with Crippen molar-refractivity contribution in [2.24, 2.45) is 0 Å². The van der Waals surface area contributed by atoms with Crippen LogP contribution in [0, 0.1) is 0 Å². The lowest BCUT2D eigenvalue weighted by atomic mass is 10.0. The van der Waals surface area contributed by atoms with E-state index < -0.39 is 0 Å². The predicted molar refractivity (Wildman–Crippen MR) is 203 cm³/mol. The first-order chi connectivity index (χ1) is 24.8. The van der Waals surface area contributed by atoms with Gasteiger partial charge in [-0.3, -0.25) is 4.57 Å². The number of fused-ring (bicyclic) bond motifs is 6. The second kappa shape index (κ2) is 11.4. The number of aromatic nitrogens is 4. The molecule has 10 rings (SSSR count). The number of nitrogens with zero attached hydrogens (tertiary/aromatic N) is 4. The standard InChI is InChI=1S/C45H28N4O/c1-3-12-29(13-4-1)30-22-24-32(25-23-30)44-46-43(31-14-5-2-6-15-31)47-45(48-44)49-39-20-9-7-16-35(39)36-27-26-33(28-40(36)49)34-18-11-19-38-37-17-8-10-21-41(37)50-42(34)38/h1-28H. The molecule has 0 spiro atoms. The maximum atomic E-state index is 6.45. The van der Waals surface area contributed by atoms with Gasteiger partial charge in [0.15, 0.2) is 11.6 Å². The summed E-state index contributed by atoms with van der Waals surface area (Å²) in [5.74, 6) is 1.79. The number of rotatable bonds is 5. The Morgan fingerprint density at radius 2 is 0.940 bits per heavy atom. The maximum Gasteiger partial charge on any atom is 0.238 e. The second-order valence-corrected chi connectivity index (χ2v) is 12.5. The van der Waals surface area contributed by atoms with Crippen molar-refractivity contribution in [3.05, 3.63) is 170 Å². The molecule has 0 radical (unpaired) electrons. The molecule has 0 bridgehead atoms. The monoisotopic (exact) mass is 640 g/mol. The third-order valence-electron chi connectivity index (χ3n) is 9.49. The molecule has 3 aromatic heterocycles. The van der Waals surface area contributed by atoms with Crippen LogP contribution >= 0.6 is 0 Å². The van der Waals surface area contributed by atoms with Crippen LogP contribution in [-0.2, 0) is 0 Å². The Balaban J connectivity index is 1.20. The van der Waals surface area contributed by atoms with E-state index in [0.29, 0.717) is 17.6 Å². The predicted octanol–water partition coefficient (Wildman–Crippen LogP) is 11.5. The second-order valence-electron chi connectivity index (χ2n) is 12.5. The molecule has 0 saturated carbocycles. The zero-order chi connectivity index (χ0) is 33.0. The minimum atomic E-state index is 0.561. The molecule has 5 heteroatoms. The van der Waals surface area contributed by atoms with Crippen LogP contribution in [0.15, 0.2) is 174 Å². The lowest BCUT2D eigenvalue weighted by molar-refractivity contribution is 0.670. The number of hydrogen-bond acceptors (Lipinski definition) is 4. The van der Waals surface area contributed by atoms with Gasteiger partial charge in [-0.15, -0.1) is 0 Å². The first kappa shape index (κ1) is 28.2. The third kappa shape index (κ3) is 4.60. The van der Waals surface area contributed by atoms with E-state index in [-0.39, 0.29) is 0 Å². The molecule has 0 amide bonds. The van der Waals surface area contributed by atoms with Gasteiger partial charge in [0.1, 0.15) is 11.2 Å². The van der Waals surface area contributed by atoms with Crippen LogP contribution in [0.3, 0.4) is 0 Å². The molecule has 0 aliphatic carbocycles. The van der Waals surface area contributed by atoms with Crippen molar-refractivity contribution in [2.75, 3.05) is 0 Å². The Morgan fingerprint density at radius 3 is 1.72 bits per heavy atom. The molecular formula is C45H28N4O. The lowest BCUT2D eigenvalue weighted by Gasteiger charge is -2.12. The molecule has 5 nitrogen and oxygen atoms in total. The summed E-state index contributed by atoms with van der Waals surface area (Å²) < 4.78 is 8.62. The van der Waals surface area contributed by atoms with E-state index in [1.54, 1.807) is 0 Å².